The molecule has 0 heterocycles. The molecule has 0 aliphatic carbocycles. The van der Waals surface area contributed by atoms with Crippen molar-refractivity contribution < 1.29 is 32.6 Å². The highest BCUT2D eigenvalue weighted by Gasteiger charge is 2.39. The van der Waals surface area contributed by atoms with Gasteiger partial charge in [-0.2, -0.15) is 0 Å². The zero-order chi connectivity index (χ0) is 18.9. The standard InChI is InChI=1S/C19H16F2O5/c20-15(18(23)25-11-13-7-3-1-4-8-13)17(22)16(21)19(24)26-12-14-9-5-2-6-10-14/h1-10,15-16H,11-12H2. The smallest absolute Gasteiger partial charge is 0.349 e. The summed E-state index contributed by atoms with van der Waals surface area (Å²) in [5.74, 6) is -4.96. The molecular weight excluding hydrogens is 346 g/mol. The van der Waals surface area contributed by atoms with Crippen LogP contribution in [0.3, 0.4) is 0 Å². The molecule has 0 radical (unpaired) electrons. The van der Waals surface area contributed by atoms with E-state index in [1.807, 2.05) is 0 Å². The summed E-state index contributed by atoms with van der Waals surface area (Å²) < 4.78 is 36.8. The van der Waals surface area contributed by atoms with Crippen LogP contribution >= 0.6 is 0 Å². The van der Waals surface area contributed by atoms with Gasteiger partial charge < -0.3 is 9.47 Å². The van der Waals surface area contributed by atoms with Gasteiger partial charge in [0.25, 0.3) is 12.3 Å². The van der Waals surface area contributed by atoms with Crippen molar-refractivity contribution in [1.82, 2.24) is 0 Å². The SMILES string of the molecule is O=C(OCc1ccccc1)C(F)C(=O)C(F)C(=O)OCc1ccccc1. The van der Waals surface area contributed by atoms with E-state index in [-0.39, 0.29) is 13.2 Å². The van der Waals surface area contributed by atoms with Gasteiger partial charge in [-0.3, -0.25) is 4.79 Å². The molecule has 26 heavy (non-hydrogen) atoms. The van der Waals surface area contributed by atoms with Crippen LogP contribution in [0.2, 0.25) is 0 Å². The van der Waals surface area contributed by atoms with Crippen molar-refractivity contribution in [2.45, 2.75) is 25.6 Å². The van der Waals surface area contributed by atoms with Gasteiger partial charge >= 0.3 is 11.9 Å². The number of rotatable bonds is 8. The lowest BCUT2D eigenvalue weighted by Gasteiger charge is -2.11. The Bertz CT molecular complexity index is 686. The molecule has 2 aromatic carbocycles. The number of carbonyl (C=O) groups is 3. The maximum atomic E-state index is 13.8. The number of ether oxygens (including phenoxy) is 2. The van der Waals surface area contributed by atoms with E-state index in [9.17, 15) is 23.2 Å². The van der Waals surface area contributed by atoms with Crippen LogP contribution in [0.5, 0.6) is 0 Å². The average Bonchev–Trinajstić information content (AvgIpc) is 2.70. The third kappa shape index (κ3) is 5.47. The minimum Gasteiger partial charge on any atom is -0.458 e. The van der Waals surface area contributed by atoms with E-state index < -0.39 is 30.1 Å². The van der Waals surface area contributed by atoms with Gasteiger partial charge in [-0.25, -0.2) is 18.4 Å². The molecule has 0 fully saturated rings. The summed E-state index contributed by atoms with van der Waals surface area (Å²) in [6, 6.07) is 16.7. The second-order valence-corrected chi connectivity index (χ2v) is 5.31. The number of hydrogen-bond donors (Lipinski definition) is 0. The Hall–Kier alpha value is -3.09. The van der Waals surface area contributed by atoms with Gasteiger partial charge in [-0.1, -0.05) is 60.7 Å². The quantitative estimate of drug-likeness (QED) is 0.533. The summed E-state index contributed by atoms with van der Waals surface area (Å²) in [6.07, 6.45) is -5.81. The third-order valence-corrected chi connectivity index (χ3v) is 3.36. The van der Waals surface area contributed by atoms with Gasteiger partial charge in [0.05, 0.1) is 0 Å². The highest BCUT2D eigenvalue weighted by molar-refractivity contribution is 6.12. The first kappa shape index (κ1) is 19.2. The molecule has 0 spiro atoms. The molecule has 7 heteroatoms. The van der Waals surface area contributed by atoms with Crippen LogP contribution in [-0.4, -0.2) is 30.1 Å². The Morgan fingerprint density at radius 2 is 1.04 bits per heavy atom. The lowest BCUT2D eigenvalue weighted by Crippen LogP contribution is -2.38. The Kier molecular flexibility index (Phi) is 6.96. The first-order valence-electron chi connectivity index (χ1n) is 7.72. The summed E-state index contributed by atoms with van der Waals surface area (Å²) in [5.41, 5.74) is 1.14. The van der Waals surface area contributed by atoms with Crippen molar-refractivity contribution in [3.63, 3.8) is 0 Å². The molecule has 2 rings (SSSR count). The van der Waals surface area contributed by atoms with Gasteiger partial charge in [-0.05, 0) is 11.1 Å². The topological polar surface area (TPSA) is 69.7 Å². The van der Waals surface area contributed by atoms with Gasteiger partial charge in [0.2, 0.25) is 5.78 Å². The summed E-state index contributed by atoms with van der Waals surface area (Å²) in [7, 11) is 0. The molecule has 2 unspecified atom stereocenters. The Morgan fingerprint density at radius 1 is 0.692 bits per heavy atom. The minimum absolute atomic E-state index is 0.275. The maximum absolute atomic E-state index is 13.8. The average molecular weight is 362 g/mol. The monoisotopic (exact) mass is 362 g/mol. The van der Waals surface area contributed by atoms with E-state index in [1.165, 1.54) is 0 Å². The normalized spacial score (nSPS) is 12.7. The summed E-state index contributed by atoms with van der Waals surface area (Å²) in [5, 5.41) is 0. The van der Waals surface area contributed by atoms with Crippen molar-refractivity contribution in [2.24, 2.45) is 0 Å². The van der Waals surface area contributed by atoms with Crippen LogP contribution in [0.15, 0.2) is 60.7 Å². The number of halogens is 2. The molecule has 0 saturated carbocycles. The molecule has 0 aliphatic heterocycles. The van der Waals surface area contributed by atoms with E-state index in [1.54, 1.807) is 60.7 Å². The lowest BCUT2D eigenvalue weighted by atomic mass is 10.1. The van der Waals surface area contributed by atoms with Crippen LogP contribution in [-0.2, 0) is 37.1 Å². The van der Waals surface area contributed by atoms with Crippen LogP contribution < -0.4 is 0 Å². The van der Waals surface area contributed by atoms with Crippen LogP contribution in [0.1, 0.15) is 11.1 Å². The van der Waals surface area contributed by atoms with E-state index >= 15 is 0 Å². The Labute approximate surface area is 148 Å². The Balaban J connectivity index is 1.83. The molecule has 2 aromatic rings. The Morgan fingerprint density at radius 3 is 1.38 bits per heavy atom. The van der Waals surface area contributed by atoms with Crippen LogP contribution in [0.25, 0.3) is 0 Å². The van der Waals surface area contributed by atoms with Crippen LogP contribution in [0.4, 0.5) is 8.78 Å². The predicted octanol–water partition coefficient (Wildman–Crippen LogP) is 2.72. The number of carbonyl (C=O) groups excluding carboxylic acids is 3. The molecule has 0 N–H and O–H groups in total. The molecule has 0 amide bonds. The van der Waals surface area contributed by atoms with E-state index in [0.29, 0.717) is 11.1 Å². The lowest BCUT2D eigenvalue weighted by molar-refractivity contribution is -0.160. The number of Topliss-reactive ketones (excluding diaryl/α,β-unsaturated/α-hetero) is 1. The zero-order valence-corrected chi connectivity index (χ0v) is 13.6. The van der Waals surface area contributed by atoms with Crippen molar-refractivity contribution >= 4 is 17.7 Å². The molecule has 5 nitrogen and oxygen atoms in total. The van der Waals surface area contributed by atoms with E-state index in [2.05, 4.69) is 9.47 Å². The predicted molar refractivity (Wildman–Crippen MR) is 87.3 cm³/mol. The van der Waals surface area contributed by atoms with E-state index in [4.69, 9.17) is 0 Å². The second kappa shape index (κ2) is 9.41. The highest BCUT2D eigenvalue weighted by atomic mass is 19.1. The molecule has 0 aliphatic rings. The fourth-order valence-electron chi connectivity index (χ4n) is 1.96. The second-order valence-electron chi connectivity index (χ2n) is 5.31. The summed E-state index contributed by atoms with van der Waals surface area (Å²) in [4.78, 5) is 34.7. The third-order valence-electron chi connectivity index (χ3n) is 3.36. The van der Waals surface area contributed by atoms with Gasteiger partial charge in [-0.15, -0.1) is 0 Å². The fourth-order valence-corrected chi connectivity index (χ4v) is 1.96. The van der Waals surface area contributed by atoms with Crippen molar-refractivity contribution in [1.29, 1.82) is 0 Å². The van der Waals surface area contributed by atoms with E-state index in [0.717, 1.165) is 0 Å². The molecule has 2 atom stereocenters. The van der Waals surface area contributed by atoms with Gasteiger partial charge in [0.15, 0.2) is 0 Å². The number of benzene rings is 2. The maximum Gasteiger partial charge on any atom is 0.349 e. The molecule has 136 valence electrons. The highest BCUT2D eigenvalue weighted by Crippen LogP contribution is 2.10. The summed E-state index contributed by atoms with van der Waals surface area (Å²) >= 11 is 0. The first-order chi connectivity index (χ1) is 12.5. The molecular formula is C19H16F2O5. The molecule has 0 bridgehead atoms. The van der Waals surface area contributed by atoms with Gasteiger partial charge in [0.1, 0.15) is 13.2 Å². The number of esters is 2. The first-order valence-corrected chi connectivity index (χ1v) is 7.72. The number of hydrogen-bond acceptors (Lipinski definition) is 5. The largest absolute Gasteiger partial charge is 0.458 e. The number of ketones is 1. The van der Waals surface area contributed by atoms with Crippen molar-refractivity contribution in [3.05, 3.63) is 71.8 Å². The zero-order valence-electron chi connectivity index (χ0n) is 13.6. The number of alkyl halides is 2. The van der Waals surface area contributed by atoms with Crippen molar-refractivity contribution in [3.8, 4) is 0 Å². The minimum atomic E-state index is -2.90. The molecule has 0 saturated heterocycles. The fraction of sp³-hybridized carbons (Fsp3) is 0.211. The summed E-state index contributed by atoms with van der Waals surface area (Å²) in [6.45, 7) is -0.550. The molecule has 0 aromatic heterocycles. The van der Waals surface area contributed by atoms with Crippen molar-refractivity contribution in [2.75, 3.05) is 0 Å². The van der Waals surface area contributed by atoms with Gasteiger partial charge in [0, 0.05) is 0 Å². The van der Waals surface area contributed by atoms with Crippen LogP contribution in [0, 0.1) is 0 Å².